The Morgan fingerprint density at radius 2 is 1.91 bits per heavy atom. The summed E-state index contributed by atoms with van der Waals surface area (Å²) in [6.07, 6.45) is -2.60. The van der Waals surface area contributed by atoms with E-state index >= 15 is 0 Å². The Balaban J connectivity index is 2.38. The largest absolute Gasteiger partial charge is 0.433 e. The number of anilines is 2. The van der Waals surface area contributed by atoms with Crippen LogP contribution >= 0.6 is 15.9 Å². The Hall–Kier alpha value is -1.68. The highest BCUT2D eigenvalue weighted by Gasteiger charge is 2.32. The molecule has 1 aromatic heterocycles. The van der Waals surface area contributed by atoms with E-state index in [2.05, 4.69) is 31.2 Å². The summed E-state index contributed by atoms with van der Waals surface area (Å²) in [6.45, 7) is 0. The molecule has 0 amide bonds. The summed E-state index contributed by atoms with van der Waals surface area (Å²) in [5.41, 5.74) is -0.850. The summed E-state index contributed by atoms with van der Waals surface area (Å²) in [7, 11) is -3.46. The second-order valence-corrected chi connectivity index (χ2v) is 7.27. The fourth-order valence-electron chi connectivity index (χ4n) is 1.55. The second kappa shape index (κ2) is 5.84. The molecule has 0 saturated heterocycles. The van der Waals surface area contributed by atoms with E-state index in [4.69, 9.17) is 0 Å². The van der Waals surface area contributed by atoms with Crippen LogP contribution in [0.15, 0.2) is 39.8 Å². The minimum Gasteiger partial charge on any atom is -0.324 e. The third kappa shape index (κ3) is 4.17. The molecule has 1 N–H and O–H groups in total. The molecule has 0 fully saturated rings. The smallest absolute Gasteiger partial charge is 0.324 e. The van der Waals surface area contributed by atoms with E-state index in [1.807, 2.05) is 0 Å². The molecule has 2 rings (SSSR count). The van der Waals surface area contributed by atoms with E-state index < -0.39 is 21.7 Å². The highest BCUT2D eigenvalue weighted by atomic mass is 79.9. The zero-order valence-electron chi connectivity index (χ0n) is 11.0. The predicted molar refractivity (Wildman–Crippen MR) is 77.6 cm³/mol. The van der Waals surface area contributed by atoms with Crippen molar-refractivity contribution < 1.29 is 21.6 Å². The average Bonchev–Trinajstić information content (AvgIpc) is 2.36. The predicted octanol–water partition coefficient (Wildman–Crippen LogP) is 3.41. The van der Waals surface area contributed by atoms with Crippen LogP contribution in [0.1, 0.15) is 5.69 Å². The number of benzene rings is 1. The van der Waals surface area contributed by atoms with Gasteiger partial charge in [0.15, 0.2) is 9.84 Å². The first-order chi connectivity index (χ1) is 10.1. The van der Waals surface area contributed by atoms with Crippen molar-refractivity contribution in [1.82, 2.24) is 9.97 Å². The monoisotopic (exact) mass is 395 g/mol. The van der Waals surface area contributed by atoms with Gasteiger partial charge in [-0.3, -0.25) is 0 Å². The average molecular weight is 396 g/mol. The summed E-state index contributed by atoms with van der Waals surface area (Å²) in [5.74, 6) is -0.285. The fourth-order valence-corrected chi connectivity index (χ4v) is 2.88. The van der Waals surface area contributed by atoms with E-state index in [-0.39, 0.29) is 16.5 Å². The van der Waals surface area contributed by atoms with E-state index in [1.165, 1.54) is 18.2 Å². The van der Waals surface area contributed by atoms with Crippen molar-refractivity contribution in [3.63, 3.8) is 0 Å². The van der Waals surface area contributed by atoms with Gasteiger partial charge in [0.1, 0.15) is 5.69 Å². The molecule has 0 atom stereocenters. The summed E-state index contributed by atoms with van der Waals surface area (Å²) < 4.78 is 61.3. The number of nitrogens with one attached hydrogen (secondary N) is 1. The molecule has 1 aromatic carbocycles. The number of nitrogens with zero attached hydrogens (tertiary/aromatic N) is 2. The van der Waals surface area contributed by atoms with Crippen molar-refractivity contribution in [1.29, 1.82) is 0 Å². The van der Waals surface area contributed by atoms with Crippen molar-refractivity contribution in [3.8, 4) is 0 Å². The maximum atomic E-state index is 12.6. The third-order valence-corrected chi connectivity index (χ3v) is 4.05. The van der Waals surface area contributed by atoms with Crippen LogP contribution in [-0.4, -0.2) is 24.6 Å². The number of hydrogen-bond acceptors (Lipinski definition) is 5. The van der Waals surface area contributed by atoms with Crippen LogP contribution in [0.2, 0.25) is 0 Å². The molecule has 0 aliphatic heterocycles. The van der Waals surface area contributed by atoms with Gasteiger partial charge in [0, 0.05) is 22.6 Å². The van der Waals surface area contributed by atoms with Crippen LogP contribution in [0, 0.1) is 0 Å². The van der Waals surface area contributed by atoms with Gasteiger partial charge in [-0.15, -0.1) is 0 Å². The molecule has 0 unspecified atom stereocenters. The van der Waals surface area contributed by atoms with Crippen LogP contribution in [0.3, 0.4) is 0 Å². The summed E-state index contributed by atoms with van der Waals surface area (Å²) in [4.78, 5) is 7.04. The Kier molecular flexibility index (Phi) is 4.43. The van der Waals surface area contributed by atoms with Gasteiger partial charge in [-0.1, -0.05) is 15.9 Å². The molecule has 22 heavy (non-hydrogen) atoms. The molecule has 0 bridgehead atoms. The maximum absolute atomic E-state index is 12.6. The lowest BCUT2D eigenvalue weighted by Crippen LogP contribution is -2.10. The Morgan fingerprint density at radius 3 is 2.50 bits per heavy atom. The van der Waals surface area contributed by atoms with Gasteiger partial charge in [-0.2, -0.15) is 13.2 Å². The standard InChI is InChI=1S/C12H9BrF3N3O2S/c1-22(20,21)9-5-7(13)4-8(6-9)18-11-17-3-2-10(19-11)12(14,15)16/h2-6H,1H3,(H,17,18,19). The Labute approximate surface area is 132 Å². The first kappa shape index (κ1) is 16.7. The van der Waals surface area contributed by atoms with Crippen LogP contribution in [0.5, 0.6) is 0 Å². The number of hydrogen-bond donors (Lipinski definition) is 1. The summed E-state index contributed by atoms with van der Waals surface area (Å²) in [5, 5.41) is 2.55. The first-order valence-electron chi connectivity index (χ1n) is 5.73. The van der Waals surface area contributed by atoms with Gasteiger partial charge in [0.05, 0.1) is 4.90 Å². The molecule has 0 spiro atoms. The van der Waals surface area contributed by atoms with Crippen LogP contribution in [0.4, 0.5) is 24.8 Å². The van der Waals surface area contributed by atoms with Gasteiger partial charge >= 0.3 is 6.18 Å². The number of rotatable bonds is 3. The molecule has 118 valence electrons. The van der Waals surface area contributed by atoms with E-state index in [9.17, 15) is 21.6 Å². The highest BCUT2D eigenvalue weighted by molar-refractivity contribution is 9.10. The minimum atomic E-state index is -4.59. The lowest BCUT2D eigenvalue weighted by molar-refractivity contribution is -0.141. The SMILES string of the molecule is CS(=O)(=O)c1cc(Br)cc(Nc2nccc(C(F)(F)F)n2)c1. The molecule has 0 aliphatic rings. The molecule has 5 nitrogen and oxygen atoms in total. The fraction of sp³-hybridized carbons (Fsp3) is 0.167. The molecule has 0 saturated carbocycles. The van der Waals surface area contributed by atoms with Gasteiger partial charge in [0.25, 0.3) is 0 Å². The van der Waals surface area contributed by atoms with E-state index in [0.717, 1.165) is 18.5 Å². The van der Waals surface area contributed by atoms with Crippen molar-refractivity contribution in [2.75, 3.05) is 11.6 Å². The second-order valence-electron chi connectivity index (χ2n) is 4.34. The first-order valence-corrected chi connectivity index (χ1v) is 8.42. The summed E-state index contributed by atoms with van der Waals surface area (Å²) in [6, 6.07) is 4.91. The van der Waals surface area contributed by atoms with Crippen molar-refractivity contribution in [3.05, 3.63) is 40.6 Å². The van der Waals surface area contributed by atoms with Gasteiger partial charge in [-0.25, -0.2) is 18.4 Å². The molecule has 1 heterocycles. The third-order valence-electron chi connectivity index (χ3n) is 2.50. The molecular weight excluding hydrogens is 387 g/mol. The molecule has 0 aliphatic carbocycles. The summed E-state index contributed by atoms with van der Waals surface area (Å²) >= 11 is 3.14. The molecular formula is C12H9BrF3N3O2S. The van der Waals surface area contributed by atoms with Crippen molar-refractivity contribution >= 4 is 37.4 Å². The van der Waals surface area contributed by atoms with Crippen LogP contribution in [0.25, 0.3) is 0 Å². The quantitative estimate of drug-likeness (QED) is 0.861. The van der Waals surface area contributed by atoms with Gasteiger partial charge in [-0.05, 0) is 24.3 Å². The van der Waals surface area contributed by atoms with Crippen molar-refractivity contribution in [2.24, 2.45) is 0 Å². The van der Waals surface area contributed by atoms with Crippen LogP contribution in [-0.2, 0) is 16.0 Å². The maximum Gasteiger partial charge on any atom is 0.433 e. The zero-order valence-corrected chi connectivity index (χ0v) is 13.4. The lowest BCUT2D eigenvalue weighted by Gasteiger charge is -2.10. The number of sulfone groups is 1. The van der Waals surface area contributed by atoms with Crippen molar-refractivity contribution in [2.45, 2.75) is 11.1 Å². The van der Waals surface area contributed by atoms with Crippen LogP contribution < -0.4 is 5.32 Å². The normalized spacial score (nSPS) is 12.2. The molecule has 10 heteroatoms. The number of alkyl halides is 3. The number of aromatic nitrogens is 2. The van der Waals surface area contributed by atoms with E-state index in [0.29, 0.717) is 4.47 Å². The minimum absolute atomic E-state index is 0.0105. The zero-order chi connectivity index (χ0) is 16.5. The topological polar surface area (TPSA) is 72.0 Å². The Morgan fingerprint density at radius 1 is 1.23 bits per heavy atom. The van der Waals surface area contributed by atoms with Gasteiger partial charge < -0.3 is 5.32 Å². The molecule has 2 aromatic rings. The van der Waals surface area contributed by atoms with E-state index in [1.54, 1.807) is 0 Å². The lowest BCUT2D eigenvalue weighted by atomic mass is 10.3. The molecule has 0 radical (unpaired) electrons. The highest BCUT2D eigenvalue weighted by Crippen LogP contribution is 2.29. The number of halogens is 4. The Bertz CT molecular complexity index is 810. The van der Waals surface area contributed by atoms with Gasteiger partial charge in [0.2, 0.25) is 5.95 Å².